The van der Waals surface area contributed by atoms with Crippen LogP contribution < -0.4 is 11.1 Å². The lowest BCUT2D eigenvalue weighted by atomic mass is 10.1. The van der Waals surface area contributed by atoms with E-state index in [1.165, 1.54) is 7.11 Å². The standard InChI is InChI=1S/C19H19N3O5S2/c1-5-27-19(25)13-9(3)11(18(24)26-4)17(28-13)22-15(23)14-12(20)10-7-6-8(2)21-16(10)29-14/h6-7H,5,20H2,1-4H3,(H,22,23). The molecule has 3 rings (SSSR count). The average Bonchev–Trinajstić information content (AvgIpc) is 3.18. The minimum absolute atomic E-state index is 0.113. The number of hydrogen-bond acceptors (Lipinski definition) is 9. The second-order valence-electron chi connectivity index (χ2n) is 6.08. The summed E-state index contributed by atoms with van der Waals surface area (Å²) in [6.07, 6.45) is 0. The Morgan fingerprint density at radius 3 is 2.52 bits per heavy atom. The lowest BCUT2D eigenvalue weighted by Gasteiger charge is -2.05. The molecule has 0 aliphatic rings. The number of aromatic nitrogens is 1. The lowest BCUT2D eigenvalue weighted by Crippen LogP contribution is -2.14. The van der Waals surface area contributed by atoms with Crippen LogP contribution >= 0.6 is 22.7 Å². The summed E-state index contributed by atoms with van der Waals surface area (Å²) >= 11 is 2.12. The van der Waals surface area contributed by atoms with Gasteiger partial charge in [0.25, 0.3) is 5.91 Å². The first kappa shape index (κ1) is 20.7. The molecule has 0 saturated heterocycles. The summed E-state index contributed by atoms with van der Waals surface area (Å²) in [5.74, 6) is -1.72. The number of hydrogen-bond donors (Lipinski definition) is 2. The van der Waals surface area contributed by atoms with Crippen molar-refractivity contribution in [2.75, 3.05) is 24.8 Å². The third-order valence-electron chi connectivity index (χ3n) is 4.16. The van der Waals surface area contributed by atoms with Gasteiger partial charge in [-0.1, -0.05) is 0 Å². The number of nitrogens with zero attached hydrogens (tertiary/aromatic N) is 1. The summed E-state index contributed by atoms with van der Waals surface area (Å²) in [5, 5.41) is 3.58. The van der Waals surface area contributed by atoms with Crippen LogP contribution in [-0.2, 0) is 9.47 Å². The van der Waals surface area contributed by atoms with Crippen LogP contribution in [0.25, 0.3) is 10.2 Å². The van der Waals surface area contributed by atoms with Crippen molar-refractivity contribution in [2.45, 2.75) is 20.8 Å². The Bertz CT molecular complexity index is 1130. The van der Waals surface area contributed by atoms with Gasteiger partial charge in [-0.25, -0.2) is 14.6 Å². The molecule has 0 radical (unpaired) electrons. The van der Waals surface area contributed by atoms with Crippen LogP contribution in [-0.4, -0.2) is 36.5 Å². The van der Waals surface area contributed by atoms with Crippen LogP contribution in [0.15, 0.2) is 12.1 Å². The number of nitrogens with two attached hydrogens (primary N) is 1. The topological polar surface area (TPSA) is 121 Å². The van der Waals surface area contributed by atoms with Crippen LogP contribution in [0, 0.1) is 13.8 Å². The first-order valence-corrected chi connectivity index (χ1v) is 10.3. The van der Waals surface area contributed by atoms with Gasteiger partial charge in [0.15, 0.2) is 0 Å². The van der Waals surface area contributed by atoms with E-state index < -0.39 is 17.8 Å². The second kappa shape index (κ2) is 8.18. The molecule has 0 unspecified atom stereocenters. The highest BCUT2D eigenvalue weighted by Crippen LogP contribution is 2.37. The quantitative estimate of drug-likeness (QED) is 0.588. The summed E-state index contributed by atoms with van der Waals surface area (Å²) in [4.78, 5) is 42.9. The van der Waals surface area contributed by atoms with E-state index >= 15 is 0 Å². The number of anilines is 2. The van der Waals surface area contributed by atoms with Crippen LogP contribution in [0.5, 0.6) is 0 Å². The molecule has 0 bridgehead atoms. The van der Waals surface area contributed by atoms with Gasteiger partial charge in [0, 0.05) is 11.1 Å². The van der Waals surface area contributed by atoms with Crippen molar-refractivity contribution < 1.29 is 23.9 Å². The number of fused-ring (bicyclic) bond motifs is 1. The molecule has 29 heavy (non-hydrogen) atoms. The van der Waals surface area contributed by atoms with Gasteiger partial charge in [0.05, 0.1) is 25.0 Å². The molecule has 0 aliphatic heterocycles. The number of pyridine rings is 1. The SMILES string of the molecule is CCOC(=O)c1sc(NC(=O)c2sc3nc(C)ccc3c2N)c(C(=O)OC)c1C. The fourth-order valence-electron chi connectivity index (χ4n) is 2.76. The first-order valence-electron chi connectivity index (χ1n) is 8.64. The number of ether oxygens (including phenoxy) is 2. The van der Waals surface area contributed by atoms with Gasteiger partial charge in [0.2, 0.25) is 0 Å². The summed E-state index contributed by atoms with van der Waals surface area (Å²) < 4.78 is 9.85. The van der Waals surface area contributed by atoms with E-state index in [0.717, 1.165) is 28.4 Å². The Balaban J connectivity index is 2.02. The van der Waals surface area contributed by atoms with Crippen molar-refractivity contribution in [3.05, 3.63) is 38.7 Å². The third kappa shape index (κ3) is 3.81. The van der Waals surface area contributed by atoms with Crippen molar-refractivity contribution in [2.24, 2.45) is 0 Å². The van der Waals surface area contributed by atoms with Gasteiger partial charge in [-0.15, -0.1) is 22.7 Å². The van der Waals surface area contributed by atoms with Gasteiger partial charge < -0.3 is 20.5 Å². The highest BCUT2D eigenvalue weighted by Gasteiger charge is 2.28. The summed E-state index contributed by atoms with van der Waals surface area (Å²) in [7, 11) is 1.23. The molecule has 0 aliphatic carbocycles. The monoisotopic (exact) mass is 433 g/mol. The molecule has 10 heteroatoms. The van der Waals surface area contributed by atoms with Crippen molar-refractivity contribution in [3.8, 4) is 0 Å². The predicted molar refractivity (Wildman–Crippen MR) is 113 cm³/mol. The number of nitrogen functional groups attached to an aromatic ring is 1. The molecular weight excluding hydrogens is 414 g/mol. The first-order chi connectivity index (χ1) is 13.8. The van der Waals surface area contributed by atoms with E-state index in [0.29, 0.717) is 21.5 Å². The Labute approximate surface area is 174 Å². The van der Waals surface area contributed by atoms with E-state index in [2.05, 4.69) is 10.3 Å². The zero-order valence-electron chi connectivity index (χ0n) is 16.2. The van der Waals surface area contributed by atoms with E-state index in [4.69, 9.17) is 15.2 Å². The maximum absolute atomic E-state index is 12.9. The van der Waals surface area contributed by atoms with Gasteiger partial charge in [-0.05, 0) is 38.5 Å². The Morgan fingerprint density at radius 2 is 1.86 bits per heavy atom. The molecule has 0 spiro atoms. The molecule has 3 heterocycles. The molecule has 152 valence electrons. The van der Waals surface area contributed by atoms with Crippen molar-refractivity contribution in [3.63, 3.8) is 0 Å². The molecule has 3 N–H and O–H groups in total. The number of thiophene rings is 2. The number of amides is 1. The van der Waals surface area contributed by atoms with Crippen LogP contribution in [0.1, 0.15) is 47.9 Å². The van der Waals surface area contributed by atoms with E-state index in [-0.39, 0.29) is 26.9 Å². The summed E-state index contributed by atoms with van der Waals surface area (Å²) in [6.45, 7) is 5.33. The Morgan fingerprint density at radius 1 is 1.14 bits per heavy atom. The number of carbonyl (C=O) groups is 3. The number of carbonyl (C=O) groups excluding carboxylic acids is 3. The summed E-state index contributed by atoms with van der Waals surface area (Å²) in [6, 6.07) is 3.63. The van der Waals surface area contributed by atoms with E-state index in [9.17, 15) is 14.4 Å². The van der Waals surface area contributed by atoms with Crippen LogP contribution in [0.3, 0.4) is 0 Å². The van der Waals surface area contributed by atoms with E-state index in [1.54, 1.807) is 13.8 Å². The number of esters is 2. The average molecular weight is 434 g/mol. The van der Waals surface area contributed by atoms with Crippen LogP contribution in [0.4, 0.5) is 10.7 Å². The number of aryl methyl sites for hydroxylation is 1. The Hall–Kier alpha value is -2.98. The molecule has 0 saturated carbocycles. The zero-order chi connectivity index (χ0) is 21.3. The zero-order valence-corrected chi connectivity index (χ0v) is 17.9. The number of nitrogens with one attached hydrogen (secondary N) is 1. The number of rotatable bonds is 5. The largest absolute Gasteiger partial charge is 0.465 e. The van der Waals surface area contributed by atoms with Crippen molar-refractivity contribution >= 4 is 61.4 Å². The van der Waals surface area contributed by atoms with Gasteiger partial charge in [-0.2, -0.15) is 0 Å². The maximum Gasteiger partial charge on any atom is 0.348 e. The van der Waals surface area contributed by atoms with Gasteiger partial charge >= 0.3 is 11.9 Å². The Kier molecular flexibility index (Phi) is 5.85. The fourth-order valence-corrected chi connectivity index (χ4v) is 4.88. The molecule has 0 fully saturated rings. The highest BCUT2D eigenvalue weighted by atomic mass is 32.1. The minimum Gasteiger partial charge on any atom is -0.465 e. The van der Waals surface area contributed by atoms with Crippen LogP contribution in [0.2, 0.25) is 0 Å². The van der Waals surface area contributed by atoms with Gasteiger partial charge in [-0.3, -0.25) is 4.79 Å². The highest BCUT2D eigenvalue weighted by molar-refractivity contribution is 7.21. The normalized spacial score (nSPS) is 10.8. The fraction of sp³-hybridized carbons (Fsp3) is 0.263. The molecule has 8 nitrogen and oxygen atoms in total. The molecule has 3 aromatic rings. The number of methoxy groups -OCH3 is 1. The lowest BCUT2D eigenvalue weighted by molar-refractivity contribution is 0.0531. The predicted octanol–water partition coefficient (Wildman–Crippen LogP) is 3.77. The maximum atomic E-state index is 12.9. The van der Waals surface area contributed by atoms with Crippen molar-refractivity contribution in [1.29, 1.82) is 0 Å². The second-order valence-corrected chi connectivity index (χ2v) is 8.10. The molecule has 0 atom stereocenters. The molecule has 3 aromatic heterocycles. The molecule has 0 aromatic carbocycles. The third-order valence-corrected chi connectivity index (χ3v) is 6.46. The summed E-state index contributed by atoms with van der Waals surface area (Å²) in [5.41, 5.74) is 7.76. The van der Waals surface area contributed by atoms with Gasteiger partial charge in [0.1, 0.15) is 19.6 Å². The minimum atomic E-state index is -0.661. The smallest absolute Gasteiger partial charge is 0.348 e. The van der Waals surface area contributed by atoms with E-state index in [1.807, 2.05) is 19.1 Å². The molecular formula is C19H19N3O5S2. The molecule has 1 amide bonds. The van der Waals surface area contributed by atoms with Crippen molar-refractivity contribution in [1.82, 2.24) is 4.98 Å².